The maximum Gasteiger partial charge on any atom is 0.0541 e. The van der Waals surface area contributed by atoms with Crippen molar-refractivity contribution in [1.82, 2.24) is 4.57 Å². The lowest BCUT2D eigenvalue weighted by Crippen LogP contribution is -2.21. The molecule has 0 radical (unpaired) electrons. The highest BCUT2D eigenvalue weighted by atomic mass is 15.1. The average molecular weight is 481 g/mol. The topological polar surface area (TPSA) is 8.17 Å². The van der Waals surface area contributed by atoms with Crippen molar-refractivity contribution < 1.29 is 0 Å². The van der Waals surface area contributed by atoms with Crippen LogP contribution in [0.4, 0.5) is 5.69 Å². The van der Waals surface area contributed by atoms with Crippen molar-refractivity contribution in [2.45, 2.75) is 55.4 Å². The summed E-state index contributed by atoms with van der Waals surface area (Å²) in [6.45, 7) is 18.5. The van der Waals surface area contributed by atoms with Crippen LogP contribution in [0.1, 0.15) is 55.4 Å². The van der Waals surface area contributed by atoms with Crippen molar-refractivity contribution in [2.24, 2.45) is 0 Å². The first-order valence-electron chi connectivity index (χ1n) is 13.7. The molecule has 0 aliphatic rings. The van der Waals surface area contributed by atoms with Crippen LogP contribution in [-0.2, 0) is 0 Å². The molecule has 36 heavy (non-hydrogen) atoms. The summed E-state index contributed by atoms with van der Waals surface area (Å²) in [4.78, 5) is 2.37. The third-order valence-electron chi connectivity index (χ3n) is 6.01. The molecule has 0 fully saturated rings. The van der Waals surface area contributed by atoms with Crippen molar-refractivity contribution >= 4 is 27.5 Å². The fourth-order valence-corrected chi connectivity index (χ4v) is 4.48. The second kappa shape index (κ2) is 14.8. The minimum absolute atomic E-state index is 1.03. The quantitative estimate of drug-likeness (QED) is 0.243. The van der Waals surface area contributed by atoms with Crippen molar-refractivity contribution in [2.75, 3.05) is 18.0 Å². The molecule has 0 saturated heterocycles. The van der Waals surface area contributed by atoms with Gasteiger partial charge in [-0.05, 0) is 61.4 Å². The van der Waals surface area contributed by atoms with Crippen LogP contribution in [-0.4, -0.2) is 17.7 Å². The number of benzene rings is 4. The van der Waals surface area contributed by atoms with Gasteiger partial charge in [0.25, 0.3) is 0 Å². The van der Waals surface area contributed by atoms with Crippen LogP contribution < -0.4 is 4.90 Å². The van der Waals surface area contributed by atoms with Crippen molar-refractivity contribution in [3.63, 3.8) is 0 Å². The Bertz CT molecular complexity index is 1260. The van der Waals surface area contributed by atoms with E-state index in [2.05, 4.69) is 120 Å². The van der Waals surface area contributed by atoms with E-state index in [0.29, 0.717) is 0 Å². The molecule has 190 valence electrons. The zero-order valence-electron chi connectivity index (χ0n) is 23.5. The zero-order chi connectivity index (χ0) is 26.5. The Morgan fingerprint density at radius 2 is 1.03 bits per heavy atom. The highest BCUT2D eigenvalue weighted by Gasteiger charge is 2.12. The van der Waals surface area contributed by atoms with Gasteiger partial charge in [-0.25, -0.2) is 0 Å². The van der Waals surface area contributed by atoms with E-state index in [-0.39, 0.29) is 0 Å². The molecule has 5 rings (SSSR count). The molecule has 0 bridgehead atoms. The Morgan fingerprint density at radius 3 is 1.53 bits per heavy atom. The molecule has 0 amide bonds. The molecule has 4 aromatic carbocycles. The molecule has 0 saturated carbocycles. The molecule has 2 nitrogen and oxygen atoms in total. The van der Waals surface area contributed by atoms with E-state index in [1.807, 2.05) is 41.5 Å². The normalized spacial score (nSPS) is 9.89. The van der Waals surface area contributed by atoms with Crippen LogP contribution in [0.2, 0.25) is 0 Å². The van der Waals surface area contributed by atoms with Gasteiger partial charge in [-0.15, -0.1) is 0 Å². The maximum atomic E-state index is 2.37. The molecule has 0 aliphatic heterocycles. The highest BCUT2D eigenvalue weighted by Crippen LogP contribution is 2.33. The summed E-state index contributed by atoms with van der Waals surface area (Å²) in [6.07, 6.45) is 0. The summed E-state index contributed by atoms with van der Waals surface area (Å²) in [5.74, 6) is 0. The van der Waals surface area contributed by atoms with Crippen molar-refractivity contribution in [3.8, 4) is 16.8 Å². The number of nitrogens with zero attached hydrogens (tertiary/aromatic N) is 2. The Balaban J connectivity index is 0.000000710. The Kier molecular flexibility index (Phi) is 11.8. The molecular weight excluding hydrogens is 436 g/mol. The first kappa shape index (κ1) is 28.7. The second-order valence-electron chi connectivity index (χ2n) is 7.64. The van der Waals surface area contributed by atoms with E-state index in [1.165, 1.54) is 44.3 Å². The number of anilines is 1. The fourth-order valence-electron chi connectivity index (χ4n) is 4.48. The Morgan fingerprint density at radius 1 is 0.528 bits per heavy atom. The smallest absolute Gasteiger partial charge is 0.0541 e. The van der Waals surface area contributed by atoms with Crippen LogP contribution in [0.25, 0.3) is 38.6 Å². The standard InChI is InChI=1S/C28H26N2.3C2H6/c1-3-29(4-2)23-18-16-21(17-19-23)22-10-9-11-24(20-22)30-27-14-7-5-12-25(27)26-13-6-8-15-28(26)30;3*1-2/h5-20H,3-4H2,1-2H3;3*1-2H3. The molecule has 1 heterocycles. The fraction of sp³-hybridized carbons (Fsp3) is 0.294. The highest BCUT2D eigenvalue weighted by molar-refractivity contribution is 6.09. The van der Waals surface area contributed by atoms with E-state index in [4.69, 9.17) is 0 Å². The number of fused-ring (bicyclic) bond motifs is 3. The predicted octanol–water partition coefficient (Wildman–Crippen LogP) is 10.4. The Labute approximate surface area is 219 Å². The van der Waals surface area contributed by atoms with Crippen molar-refractivity contribution in [3.05, 3.63) is 97.1 Å². The van der Waals surface area contributed by atoms with Crippen LogP contribution in [0.5, 0.6) is 0 Å². The van der Waals surface area contributed by atoms with Gasteiger partial charge in [0.1, 0.15) is 0 Å². The molecule has 0 atom stereocenters. The first-order valence-corrected chi connectivity index (χ1v) is 13.7. The van der Waals surface area contributed by atoms with Crippen LogP contribution in [0.3, 0.4) is 0 Å². The van der Waals surface area contributed by atoms with E-state index in [0.717, 1.165) is 13.1 Å². The van der Waals surface area contributed by atoms with Gasteiger partial charge in [0.2, 0.25) is 0 Å². The van der Waals surface area contributed by atoms with Gasteiger partial charge in [-0.3, -0.25) is 0 Å². The van der Waals surface area contributed by atoms with Gasteiger partial charge in [0.15, 0.2) is 0 Å². The van der Waals surface area contributed by atoms with Gasteiger partial charge >= 0.3 is 0 Å². The third kappa shape index (κ3) is 5.99. The van der Waals surface area contributed by atoms with E-state index >= 15 is 0 Å². The lowest BCUT2D eigenvalue weighted by atomic mass is 10.0. The summed E-state index contributed by atoms with van der Waals surface area (Å²) in [5.41, 5.74) is 7.44. The number of hydrogen-bond acceptors (Lipinski definition) is 1. The molecule has 0 aliphatic carbocycles. The molecule has 0 unspecified atom stereocenters. The summed E-state index contributed by atoms with van der Waals surface area (Å²) in [7, 11) is 0. The largest absolute Gasteiger partial charge is 0.372 e. The SMILES string of the molecule is CC.CC.CC.CCN(CC)c1ccc(-c2cccc(-n3c4ccccc4c4ccccc43)c2)cc1. The van der Waals surface area contributed by atoms with Gasteiger partial charge in [-0.2, -0.15) is 0 Å². The average Bonchev–Trinajstić information content (AvgIpc) is 3.32. The monoisotopic (exact) mass is 480 g/mol. The third-order valence-corrected chi connectivity index (χ3v) is 6.01. The number of hydrogen-bond donors (Lipinski definition) is 0. The molecular formula is C34H44N2. The van der Waals surface area contributed by atoms with Crippen LogP contribution in [0.15, 0.2) is 97.1 Å². The molecule has 1 aromatic heterocycles. The maximum absolute atomic E-state index is 2.37. The van der Waals surface area contributed by atoms with E-state index in [9.17, 15) is 0 Å². The number of aromatic nitrogens is 1. The lowest BCUT2D eigenvalue weighted by molar-refractivity contribution is 0.866. The molecule has 0 N–H and O–H groups in total. The summed E-state index contributed by atoms with van der Waals surface area (Å²) in [5, 5.41) is 2.59. The van der Waals surface area contributed by atoms with Gasteiger partial charge in [0, 0.05) is 35.2 Å². The minimum atomic E-state index is 1.03. The minimum Gasteiger partial charge on any atom is -0.372 e. The van der Waals surface area contributed by atoms with E-state index in [1.54, 1.807) is 0 Å². The summed E-state index contributed by atoms with van der Waals surface area (Å²) in [6, 6.07) is 35.1. The summed E-state index contributed by atoms with van der Waals surface area (Å²) < 4.78 is 2.37. The number of para-hydroxylation sites is 2. The second-order valence-corrected chi connectivity index (χ2v) is 7.64. The van der Waals surface area contributed by atoms with Gasteiger partial charge < -0.3 is 9.47 Å². The molecule has 2 heteroatoms. The summed E-state index contributed by atoms with van der Waals surface area (Å²) >= 11 is 0. The number of rotatable bonds is 5. The van der Waals surface area contributed by atoms with Crippen LogP contribution >= 0.6 is 0 Å². The van der Waals surface area contributed by atoms with Crippen LogP contribution in [0, 0.1) is 0 Å². The van der Waals surface area contributed by atoms with Crippen molar-refractivity contribution in [1.29, 1.82) is 0 Å². The Hall–Kier alpha value is -3.52. The van der Waals surface area contributed by atoms with E-state index < -0.39 is 0 Å². The molecule has 5 aromatic rings. The van der Waals surface area contributed by atoms with Gasteiger partial charge in [-0.1, -0.05) is 102 Å². The lowest BCUT2D eigenvalue weighted by Gasteiger charge is -2.21. The molecule has 0 spiro atoms. The predicted molar refractivity (Wildman–Crippen MR) is 164 cm³/mol. The first-order chi connectivity index (χ1) is 17.8. The van der Waals surface area contributed by atoms with Gasteiger partial charge in [0.05, 0.1) is 11.0 Å². The zero-order valence-corrected chi connectivity index (χ0v) is 23.5.